The van der Waals surface area contributed by atoms with Crippen LogP contribution in [-0.4, -0.2) is 10.5 Å². The molecule has 0 aliphatic carbocycles. The predicted octanol–water partition coefficient (Wildman–Crippen LogP) is 3.88. The molecule has 0 aliphatic heterocycles. The summed E-state index contributed by atoms with van der Waals surface area (Å²) in [5, 5.41) is 0. The van der Waals surface area contributed by atoms with E-state index in [4.69, 9.17) is 0 Å². The Kier molecular flexibility index (Phi) is 3.73. The Bertz CT molecular complexity index is 896. The summed E-state index contributed by atoms with van der Waals surface area (Å²) in [4.78, 5) is 16.8. The molecule has 106 valence electrons. The third-order valence-electron chi connectivity index (χ3n) is 3.06. The molecule has 0 spiro atoms. The van der Waals surface area contributed by atoms with Crippen molar-refractivity contribution in [3.05, 3.63) is 63.1 Å². The maximum atomic E-state index is 13.2. The van der Waals surface area contributed by atoms with E-state index in [1.807, 2.05) is 7.05 Å². The first-order valence-electron chi connectivity index (χ1n) is 6.14. The molecule has 3 nitrogen and oxygen atoms in total. The molecule has 0 bridgehead atoms. The number of benzene rings is 2. The molecule has 0 saturated heterocycles. The van der Waals surface area contributed by atoms with Crippen LogP contribution in [0.4, 0.5) is 4.39 Å². The average molecular weight is 365 g/mol. The molecule has 1 amide bonds. The van der Waals surface area contributed by atoms with Gasteiger partial charge in [-0.25, -0.2) is 4.39 Å². The molecule has 21 heavy (non-hydrogen) atoms. The Morgan fingerprint density at radius 2 is 1.95 bits per heavy atom. The van der Waals surface area contributed by atoms with E-state index in [2.05, 4.69) is 20.9 Å². The Labute approximate surface area is 132 Å². The van der Waals surface area contributed by atoms with Crippen LogP contribution in [0.5, 0.6) is 0 Å². The van der Waals surface area contributed by atoms with Crippen LogP contribution < -0.4 is 4.80 Å². The molecule has 0 unspecified atom stereocenters. The molecule has 0 fully saturated rings. The van der Waals surface area contributed by atoms with Gasteiger partial charge in [0.1, 0.15) is 5.82 Å². The summed E-state index contributed by atoms with van der Waals surface area (Å²) in [7, 11) is 1.81. The van der Waals surface area contributed by atoms with E-state index in [9.17, 15) is 9.18 Å². The van der Waals surface area contributed by atoms with Crippen molar-refractivity contribution in [1.82, 2.24) is 4.57 Å². The number of thiazole rings is 1. The second-order valence-corrected chi connectivity index (χ2v) is 6.40. The van der Waals surface area contributed by atoms with Gasteiger partial charge in [0.25, 0.3) is 5.91 Å². The molecule has 3 aromatic rings. The lowest BCUT2D eigenvalue weighted by molar-refractivity contribution is 0.0998. The molecule has 0 N–H and O–H groups in total. The van der Waals surface area contributed by atoms with Crippen molar-refractivity contribution in [3.8, 4) is 0 Å². The summed E-state index contributed by atoms with van der Waals surface area (Å²) in [6.45, 7) is 0. The standard InChI is InChI=1S/C15H10BrFN2OS/c1-19-12-7-6-11(17)8-13(12)21-15(19)18-14(20)9-2-4-10(16)5-3-9/h2-8H,1H3. The zero-order valence-electron chi connectivity index (χ0n) is 11.0. The molecule has 0 aliphatic rings. The Morgan fingerprint density at radius 1 is 1.24 bits per heavy atom. The van der Waals surface area contributed by atoms with E-state index in [0.717, 1.165) is 14.7 Å². The molecule has 0 radical (unpaired) electrons. The lowest BCUT2D eigenvalue weighted by Gasteiger charge is -1.96. The summed E-state index contributed by atoms with van der Waals surface area (Å²) in [5.41, 5.74) is 1.37. The SMILES string of the molecule is Cn1c(=NC(=O)c2ccc(Br)cc2)sc2cc(F)ccc21. The molecule has 2 aromatic carbocycles. The zero-order chi connectivity index (χ0) is 15.0. The maximum Gasteiger partial charge on any atom is 0.279 e. The van der Waals surface area contributed by atoms with E-state index in [1.54, 1.807) is 34.9 Å². The number of carbonyl (C=O) groups excluding carboxylic acids is 1. The van der Waals surface area contributed by atoms with Crippen LogP contribution in [0.2, 0.25) is 0 Å². The number of hydrogen-bond acceptors (Lipinski definition) is 2. The third-order valence-corrected chi connectivity index (χ3v) is 4.68. The highest BCUT2D eigenvalue weighted by atomic mass is 79.9. The third kappa shape index (κ3) is 2.82. The van der Waals surface area contributed by atoms with Crippen LogP contribution in [0.1, 0.15) is 10.4 Å². The van der Waals surface area contributed by atoms with Gasteiger partial charge in [0.05, 0.1) is 10.2 Å². The van der Waals surface area contributed by atoms with Crippen LogP contribution in [0, 0.1) is 5.82 Å². The molecule has 0 atom stereocenters. The number of rotatable bonds is 1. The lowest BCUT2D eigenvalue weighted by atomic mass is 10.2. The number of carbonyl (C=O) groups is 1. The molecule has 6 heteroatoms. The van der Waals surface area contributed by atoms with Crippen LogP contribution in [-0.2, 0) is 7.05 Å². The first kappa shape index (κ1) is 14.2. The average Bonchev–Trinajstić information content (AvgIpc) is 2.75. The van der Waals surface area contributed by atoms with Crippen molar-refractivity contribution in [2.24, 2.45) is 12.0 Å². The second-order valence-electron chi connectivity index (χ2n) is 4.48. The minimum absolute atomic E-state index is 0.296. The van der Waals surface area contributed by atoms with Gasteiger partial charge < -0.3 is 4.57 Å². The van der Waals surface area contributed by atoms with Crippen molar-refractivity contribution in [2.45, 2.75) is 0 Å². The second kappa shape index (κ2) is 5.54. The summed E-state index contributed by atoms with van der Waals surface area (Å²) in [5.74, 6) is -0.611. The minimum atomic E-state index is -0.315. The van der Waals surface area contributed by atoms with Crippen molar-refractivity contribution >= 4 is 43.4 Å². The highest BCUT2D eigenvalue weighted by Crippen LogP contribution is 2.18. The first-order valence-corrected chi connectivity index (χ1v) is 7.75. The van der Waals surface area contributed by atoms with Crippen molar-refractivity contribution in [2.75, 3.05) is 0 Å². The van der Waals surface area contributed by atoms with Gasteiger partial charge in [-0.15, -0.1) is 0 Å². The smallest absolute Gasteiger partial charge is 0.279 e. The van der Waals surface area contributed by atoms with Gasteiger partial charge >= 0.3 is 0 Å². The lowest BCUT2D eigenvalue weighted by Crippen LogP contribution is -2.13. The number of halogens is 2. The zero-order valence-corrected chi connectivity index (χ0v) is 13.4. The summed E-state index contributed by atoms with van der Waals surface area (Å²) >= 11 is 4.61. The fourth-order valence-corrected chi connectivity index (χ4v) is 3.26. The van der Waals surface area contributed by atoms with Crippen LogP contribution >= 0.6 is 27.3 Å². The minimum Gasteiger partial charge on any atom is -0.319 e. The van der Waals surface area contributed by atoms with E-state index in [0.29, 0.717) is 10.4 Å². The first-order chi connectivity index (χ1) is 10.0. The predicted molar refractivity (Wildman–Crippen MR) is 84.8 cm³/mol. The van der Waals surface area contributed by atoms with E-state index >= 15 is 0 Å². The van der Waals surface area contributed by atoms with Crippen molar-refractivity contribution in [1.29, 1.82) is 0 Å². The molecular weight excluding hydrogens is 355 g/mol. The number of aromatic nitrogens is 1. The molecular formula is C15H10BrFN2OS. The number of amides is 1. The van der Waals surface area contributed by atoms with Gasteiger partial charge in [-0.3, -0.25) is 4.79 Å². The largest absolute Gasteiger partial charge is 0.319 e. The van der Waals surface area contributed by atoms with Gasteiger partial charge in [0, 0.05) is 17.1 Å². The highest BCUT2D eigenvalue weighted by Gasteiger charge is 2.07. The van der Waals surface area contributed by atoms with Crippen LogP contribution in [0.3, 0.4) is 0 Å². The van der Waals surface area contributed by atoms with Crippen LogP contribution in [0.25, 0.3) is 10.2 Å². The summed E-state index contributed by atoms with van der Waals surface area (Å²) in [6, 6.07) is 11.5. The van der Waals surface area contributed by atoms with Crippen molar-refractivity contribution < 1.29 is 9.18 Å². The molecule has 1 heterocycles. The fraction of sp³-hybridized carbons (Fsp3) is 0.0667. The Morgan fingerprint density at radius 3 is 2.67 bits per heavy atom. The van der Waals surface area contributed by atoms with Gasteiger partial charge in [-0.1, -0.05) is 27.3 Å². The van der Waals surface area contributed by atoms with Gasteiger partial charge in [-0.2, -0.15) is 4.99 Å². The Hall–Kier alpha value is -1.79. The maximum absolute atomic E-state index is 13.2. The van der Waals surface area contributed by atoms with E-state index < -0.39 is 0 Å². The normalized spacial score (nSPS) is 12.0. The number of fused-ring (bicyclic) bond motifs is 1. The highest BCUT2D eigenvalue weighted by molar-refractivity contribution is 9.10. The number of aryl methyl sites for hydroxylation is 1. The van der Waals surface area contributed by atoms with Gasteiger partial charge in [-0.05, 0) is 42.5 Å². The van der Waals surface area contributed by atoms with Crippen LogP contribution in [0.15, 0.2) is 51.9 Å². The topological polar surface area (TPSA) is 34.4 Å². The fourth-order valence-electron chi connectivity index (χ4n) is 1.96. The molecule has 0 saturated carbocycles. The quantitative estimate of drug-likeness (QED) is 0.645. The van der Waals surface area contributed by atoms with Gasteiger partial charge in [0.15, 0.2) is 4.80 Å². The van der Waals surface area contributed by atoms with E-state index in [-0.39, 0.29) is 11.7 Å². The molecule has 1 aromatic heterocycles. The van der Waals surface area contributed by atoms with E-state index in [1.165, 1.54) is 23.5 Å². The number of hydrogen-bond donors (Lipinski definition) is 0. The Balaban J connectivity index is 2.09. The molecule has 3 rings (SSSR count). The number of nitrogens with zero attached hydrogens (tertiary/aromatic N) is 2. The van der Waals surface area contributed by atoms with Gasteiger partial charge in [0.2, 0.25) is 0 Å². The summed E-state index contributed by atoms with van der Waals surface area (Å²) in [6.07, 6.45) is 0. The monoisotopic (exact) mass is 364 g/mol. The van der Waals surface area contributed by atoms with Crippen molar-refractivity contribution in [3.63, 3.8) is 0 Å². The summed E-state index contributed by atoms with van der Waals surface area (Å²) < 4.78 is 16.7.